The number of hydrogen-bond acceptors (Lipinski definition) is 8. The van der Waals surface area contributed by atoms with Gasteiger partial charge in [0, 0.05) is 12.6 Å². The zero-order chi connectivity index (χ0) is 29.8. The second-order valence-corrected chi connectivity index (χ2v) is 10.8. The Morgan fingerprint density at radius 2 is 1.77 bits per heavy atom. The van der Waals surface area contributed by atoms with Crippen molar-refractivity contribution >= 4 is 22.8 Å². The van der Waals surface area contributed by atoms with Crippen LogP contribution in [-0.2, 0) is 22.7 Å². The molecule has 1 aliphatic carbocycles. The molecule has 0 spiro atoms. The van der Waals surface area contributed by atoms with Crippen LogP contribution in [0.3, 0.4) is 0 Å². The van der Waals surface area contributed by atoms with Gasteiger partial charge in [-0.05, 0) is 60.4 Å². The van der Waals surface area contributed by atoms with Crippen molar-refractivity contribution in [1.82, 2.24) is 25.2 Å². The van der Waals surface area contributed by atoms with E-state index >= 15 is 0 Å². The minimum atomic E-state index is -0.963. The Kier molecular flexibility index (Phi) is 8.30. The highest BCUT2D eigenvalue weighted by atomic mass is 16.7. The monoisotopic (exact) mass is 585 g/mol. The molecule has 0 bridgehead atoms. The maximum atomic E-state index is 14.3. The van der Waals surface area contributed by atoms with Gasteiger partial charge in [-0.2, -0.15) is 0 Å². The molecular weight excluding hydrogens is 550 g/mol. The molecule has 0 radical (unpaired) electrons. The van der Waals surface area contributed by atoms with E-state index in [1.54, 1.807) is 42.0 Å². The molecule has 11 heteroatoms. The standard InChI is InChI=1S/C32H35N5O6/c1-40-26-15-13-22(17-28(26)41-2)31(32(39)33-23-8-4-3-5-9-23)36(18-21-12-14-27-29(16-21)43-20-42-27)30(38)19-37-25-11-7-6-10-24(25)34-35-37/h6-7,10-17,23,31H,3-5,8-9,18-20H2,1-2H3,(H,33,39)/t31-/m1/s1. The van der Waals surface area contributed by atoms with E-state index in [4.69, 9.17) is 18.9 Å². The summed E-state index contributed by atoms with van der Waals surface area (Å²) in [5.41, 5.74) is 2.80. The highest BCUT2D eigenvalue weighted by Gasteiger charge is 2.34. The number of methoxy groups -OCH3 is 2. The summed E-state index contributed by atoms with van der Waals surface area (Å²) in [6.07, 6.45) is 5.10. The molecule has 1 fully saturated rings. The molecule has 0 unspecified atom stereocenters. The summed E-state index contributed by atoms with van der Waals surface area (Å²) in [5.74, 6) is 1.68. The summed E-state index contributed by atoms with van der Waals surface area (Å²) in [5, 5.41) is 11.7. The number of carbonyl (C=O) groups excluding carboxylic acids is 2. The van der Waals surface area contributed by atoms with Gasteiger partial charge in [-0.1, -0.05) is 48.7 Å². The maximum Gasteiger partial charge on any atom is 0.247 e. The molecule has 2 aliphatic rings. The Balaban J connectivity index is 1.41. The molecular formula is C32H35N5O6. The fraction of sp³-hybridized carbons (Fsp3) is 0.375. The zero-order valence-corrected chi connectivity index (χ0v) is 24.3. The lowest BCUT2D eigenvalue weighted by atomic mass is 9.94. The molecule has 1 aromatic heterocycles. The summed E-state index contributed by atoms with van der Waals surface area (Å²) < 4.78 is 23.7. The van der Waals surface area contributed by atoms with E-state index in [1.165, 1.54) is 0 Å². The molecule has 3 aromatic carbocycles. The van der Waals surface area contributed by atoms with Crippen LogP contribution in [0.15, 0.2) is 60.7 Å². The van der Waals surface area contributed by atoms with Crippen LogP contribution in [0, 0.1) is 0 Å². The summed E-state index contributed by atoms with van der Waals surface area (Å²) >= 11 is 0. The number of carbonyl (C=O) groups is 2. The molecule has 2 heterocycles. The number of benzene rings is 3. The molecule has 1 N–H and O–H groups in total. The van der Waals surface area contributed by atoms with Crippen molar-refractivity contribution in [3.63, 3.8) is 0 Å². The van der Waals surface area contributed by atoms with Crippen LogP contribution in [0.25, 0.3) is 11.0 Å². The van der Waals surface area contributed by atoms with E-state index in [2.05, 4.69) is 15.6 Å². The quantitative estimate of drug-likeness (QED) is 0.291. The van der Waals surface area contributed by atoms with Gasteiger partial charge in [0.1, 0.15) is 18.1 Å². The van der Waals surface area contributed by atoms with Gasteiger partial charge in [0.05, 0.1) is 19.7 Å². The lowest BCUT2D eigenvalue weighted by Crippen LogP contribution is -2.47. The van der Waals surface area contributed by atoms with Crippen LogP contribution < -0.4 is 24.3 Å². The summed E-state index contributed by atoms with van der Waals surface area (Å²) in [7, 11) is 3.10. The fourth-order valence-corrected chi connectivity index (χ4v) is 5.84. The van der Waals surface area contributed by atoms with Gasteiger partial charge < -0.3 is 29.2 Å². The molecule has 1 aliphatic heterocycles. The average molecular weight is 586 g/mol. The van der Waals surface area contributed by atoms with Gasteiger partial charge in [0.15, 0.2) is 23.0 Å². The Morgan fingerprint density at radius 1 is 0.977 bits per heavy atom. The minimum Gasteiger partial charge on any atom is -0.493 e. The van der Waals surface area contributed by atoms with E-state index in [0.717, 1.165) is 43.2 Å². The molecule has 6 rings (SSSR count). The van der Waals surface area contributed by atoms with Crippen LogP contribution in [0.2, 0.25) is 0 Å². The predicted molar refractivity (Wildman–Crippen MR) is 158 cm³/mol. The number of para-hydroxylation sites is 1. The van der Waals surface area contributed by atoms with E-state index in [9.17, 15) is 9.59 Å². The van der Waals surface area contributed by atoms with Crippen LogP contribution >= 0.6 is 0 Å². The molecule has 1 saturated carbocycles. The fourth-order valence-electron chi connectivity index (χ4n) is 5.84. The van der Waals surface area contributed by atoms with Gasteiger partial charge in [0.2, 0.25) is 18.6 Å². The van der Waals surface area contributed by atoms with Crippen LogP contribution in [0.5, 0.6) is 23.0 Å². The summed E-state index contributed by atoms with van der Waals surface area (Å²) in [6.45, 7) is 0.170. The van der Waals surface area contributed by atoms with Gasteiger partial charge in [-0.15, -0.1) is 5.10 Å². The maximum absolute atomic E-state index is 14.3. The first-order valence-electron chi connectivity index (χ1n) is 14.5. The summed E-state index contributed by atoms with van der Waals surface area (Å²) in [6, 6.07) is 17.4. The Labute approximate surface area is 249 Å². The van der Waals surface area contributed by atoms with E-state index in [1.807, 2.05) is 42.5 Å². The van der Waals surface area contributed by atoms with E-state index < -0.39 is 6.04 Å². The first-order valence-corrected chi connectivity index (χ1v) is 14.5. The van der Waals surface area contributed by atoms with Crippen LogP contribution in [0.4, 0.5) is 0 Å². The van der Waals surface area contributed by atoms with Gasteiger partial charge in [-0.25, -0.2) is 4.68 Å². The lowest BCUT2D eigenvalue weighted by molar-refractivity contribution is -0.142. The minimum absolute atomic E-state index is 0.0469. The molecule has 4 aromatic rings. The molecule has 1 atom stereocenters. The van der Waals surface area contributed by atoms with E-state index in [0.29, 0.717) is 34.1 Å². The number of ether oxygens (including phenoxy) is 4. The topological polar surface area (TPSA) is 117 Å². The molecule has 11 nitrogen and oxygen atoms in total. The second-order valence-electron chi connectivity index (χ2n) is 10.8. The first-order chi connectivity index (χ1) is 21.0. The Hall–Kier alpha value is -4.80. The highest BCUT2D eigenvalue weighted by Crippen LogP contribution is 2.36. The molecule has 0 saturated heterocycles. The zero-order valence-electron chi connectivity index (χ0n) is 24.3. The molecule has 2 amide bonds. The Bertz CT molecular complexity index is 1620. The van der Waals surface area contributed by atoms with Crippen molar-refractivity contribution in [2.75, 3.05) is 21.0 Å². The average Bonchev–Trinajstić information content (AvgIpc) is 3.68. The number of aromatic nitrogens is 3. The van der Waals surface area contributed by atoms with Crippen LogP contribution in [-0.4, -0.2) is 58.8 Å². The van der Waals surface area contributed by atoms with Crippen molar-refractivity contribution in [1.29, 1.82) is 0 Å². The van der Waals surface area contributed by atoms with Crippen molar-refractivity contribution in [2.45, 2.75) is 57.3 Å². The number of amides is 2. The van der Waals surface area contributed by atoms with Crippen molar-refractivity contribution in [3.05, 3.63) is 71.8 Å². The highest BCUT2D eigenvalue weighted by molar-refractivity contribution is 5.89. The number of nitrogens with one attached hydrogen (secondary N) is 1. The third-order valence-corrected chi connectivity index (χ3v) is 8.05. The van der Waals surface area contributed by atoms with Gasteiger partial charge in [-0.3, -0.25) is 9.59 Å². The molecule has 43 heavy (non-hydrogen) atoms. The number of nitrogens with zero attached hydrogens (tertiary/aromatic N) is 4. The number of rotatable bonds is 10. The SMILES string of the molecule is COc1ccc([C@H](C(=O)NC2CCCCC2)N(Cc2ccc3c(c2)OCO3)C(=O)Cn2nnc3ccccc32)cc1OC. The third kappa shape index (κ3) is 6.06. The molecule has 224 valence electrons. The van der Waals surface area contributed by atoms with Gasteiger partial charge in [0.25, 0.3) is 0 Å². The smallest absolute Gasteiger partial charge is 0.247 e. The van der Waals surface area contributed by atoms with E-state index in [-0.39, 0.29) is 37.7 Å². The largest absolute Gasteiger partial charge is 0.493 e. The number of hydrogen-bond donors (Lipinski definition) is 1. The summed E-state index contributed by atoms with van der Waals surface area (Å²) in [4.78, 5) is 30.2. The normalized spacial score (nSPS) is 15.2. The Morgan fingerprint density at radius 3 is 2.58 bits per heavy atom. The first kappa shape index (κ1) is 28.3. The van der Waals surface area contributed by atoms with Crippen molar-refractivity contribution < 1.29 is 28.5 Å². The second kappa shape index (κ2) is 12.6. The van der Waals surface area contributed by atoms with Gasteiger partial charge >= 0.3 is 0 Å². The third-order valence-electron chi connectivity index (χ3n) is 8.05. The predicted octanol–water partition coefficient (Wildman–Crippen LogP) is 4.40. The van der Waals surface area contributed by atoms with Crippen LogP contribution in [0.1, 0.15) is 49.3 Å². The number of fused-ring (bicyclic) bond motifs is 2. The van der Waals surface area contributed by atoms with Crippen molar-refractivity contribution in [3.8, 4) is 23.0 Å². The van der Waals surface area contributed by atoms with Crippen molar-refractivity contribution in [2.24, 2.45) is 0 Å². The lowest BCUT2D eigenvalue weighted by Gasteiger charge is -2.34.